The van der Waals surface area contributed by atoms with Gasteiger partial charge >= 0.3 is 0 Å². The summed E-state index contributed by atoms with van der Waals surface area (Å²) in [5.74, 6) is 0.311. The number of carbonyl (C=O) groups is 1. The van der Waals surface area contributed by atoms with E-state index in [2.05, 4.69) is 29.4 Å². The summed E-state index contributed by atoms with van der Waals surface area (Å²) < 4.78 is 27.6. The molecule has 0 radical (unpaired) electrons. The van der Waals surface area contributed by atoms with Crippen LogP contribution in [0.1, 0.15) is 41.2 Å². The third kappa shape index (κ3) is 5.23. The molecule has 1 saturated heterocycles. The van der Waals surface area contributed by atoms with Crippen molar-refractivity contribution in [3.8, 4) is 0 Å². The van der Waals surface area contributed by atoms with Crippen LogP contribution in [0.15, 0.2) is 59.5 Å². The zero-order valence-corrected chi connectivity index (χ0v) is 19.7. The second-order valence-corrected chi connectivity index (χ2v) is 11.4. The Morgan fingerprint density at radius 2 is 1.69 bits per heavy atom. The molecule has 1 N–H and O–H groups in total. The fraction of sp³-hybridized carbons (Fsp3) is 0.348. The summed E-state index contributed by atoms with van der Waals surface area (Å²) in [6.45, 7) is 5.20. The molecule has 1 fully saturated rings. The normalized spacial score (nSPS) is 19.6. The van der Waals surface area contributed by atoms with E-state index in [0.717, 1.165) is 17.0 Å². The van der Waals surface area contributed by atoms with E-state index >= 15 is 0 Å². The number of rotatable bonds is 6. The van der Waals surface area contributed by atoms with Crippen molar-refractivity contribution in [3.05, 3.63) is 70.7 Å². The van der Waals surface area contributed by atoms with Gasteiger partial charge in [0.2, 0.25) is 15.2 Å². The van der Waals surface area contributed by atoms with Crippen LogP contribution in [0, 0.1) is 11.8 Å². The topological polar surface area (TPSA) is 92.3 Å². The lowest BCUT2D eigenvalue weighted by molar-refractivity contribution is 0.102. The van der Waals surface area contributed by atoms with Gasteiger partial charge in [0.1, 0.15) is 5.01 Å². The first-order valence-corrected chi connectivity index (χ1v) is 12.8. The maximum Gasteiger partial charge on any atom is 0.257 e. The largest absolute Gasteiger partial charge is 0.296 e. The van der Waals surface area contributed by atoms with Gasteiger partial charge in [0.25, 0.3) is 5.91 Å². The minimum atomic E-state index is -3.57. The number of benzene rings is 2. The Labute approximate surface area is 192 Å². The molecule has 1 aromatic heterocycles. The summed E-state index contributed by atoms with van der Waals surface area (Å²) in [4.78, 5) is 12.8. The Kier molecular flexibility index (Phi) is 6.68. The van der Waals surface area contributed by atoms with Gasteiger partial charge in [-0.1, -0.05) is 55.5 Å². The highest BCUT2D eigenvalue weighted by molar-refractivity contribution is 7.89. The Balaban J connectivity index is 1.41. The number of hydrogen-bond donors (Lipinski definition) is 1. The van der Waals surface area contributed by atoms with Crippen molar-refractivity contribution in [2.24, 2.45) is 11.8 Å². The van der Waals surface area contributed by atoms with Gasteiger partial charge in [0.15, 0.2) is 0 Å². The van der Waals surface area contributed by atoms with Crippen molar-refractivity contribution >= 4 is 32.4 Å². The first-order chi connectivity index (χ1) is 15.3. The summed E-state index contributed by atoms with van der Waals surface area (Å²) >= 11 is 1.32. The van der Waals surface area contributed by atoms with Gasteiger partial charge in [-0.3, -0.25) is 10.1 Å². The quantitative estimate of drug-likeness (QED) is 0.587. The molecule has 1 amide bonds. The monoisotopic (exact) mass is 470 g/mol. The van der Waals surface area contributed by atoms with Crippen LogP contribution in [-0.4, -0.2) is 41.9 Å². The molecule has 7 nitrogen and oxygen atoms in total. The molecule has 4 rings (SSSR count). The van der Waals surface area contributed by atoms with E-state index in [1.165, 1.54) is 35.6 Å². The van der Waals surface area contributed by atoms with Gasteiger partial charge in [-0.05, 0) is 48.1 Å². The van der Waals surface area contributed by atoms with Gasteiger partial charge in [-0.15, -0.1) is 10.2 Å². The van der Waals surface area contributed by atoms with Gasteiger partial charge in [-0.2, -0.15) is 4.31 Å². The van der Waals surface area contributed by atoms with Crippen molar-refractivity contribution in [1.29, 1.82) is 0 Å². The predicted molar refractivity (Wildman–Crippen MR) is 125 cm³/mol. The van der Waals surface area contributed by atoms with Gasteiger partial charge in [-0.25, -0.2) is 8.42 Å². The number of sulfonamides is 1. The van der Waals surface area contributed by atoms with Crippen LogP contribution in [0.3, 0.4) is 0 Å². The number of nitrogens with zero attached hydrogens (tertiary/aromatic N) is 3. The fourth-order valence-electron chi connectivity index (χ4n) is 4.04. The molecule has 0 aliphatic carbocycles. The molecular formula is C23H26N4O3S2. The summed E-state index contributed by atoms with van der Waals surface area (Å²) in [5, 5.41) is 12.1. The van der Waals surface area contributed by atoms with E-state index in [1.807, 2.05) is 30.3 Å². The van der Waals surface area contributed by atoms with Crippen molar-refractivity contribution in [2.75, 3.05) is 18.4 Å². The average molecular weight is 471 g/mol. The molecule has 9 heteroatoms. The lowest BCUT2D eigenvalue weighted by Crippen LogP contribution is -2.42. The highest BCUT2D eigenvalue weighted by Crippen LogP contribution is 2.27. The maximum atomic E-state index is 13.0. The summed E-state index contributed by atoms with van der Waals surface area (Å²) in [6.07, 6.45) is 1.68. The predicted octanol–water partition coefficient (Wildman–Crippen LogP) is 4.05. The molecule has 2 heterocycles. The van der Waals surface area contributed by atoms with Crippen LogP contribution in [0.25, 0.3) is 0 Å². The van der Waals surface area contributed by atoms with Crippen LogP contribution < -0.4 is 5.32 Å². The highest BCUT2D eigenvalue weighted by atomic mass is 32.2. The van der Waals surface area contributed by atoms with Crippen LogP contribution in [0.5, 0.6) is 0 Å². The second-order valence-electron chi connectivity index (χ2n) is 8.41. The standard InChI is InChI=1S/C23H26N4O3S2/c1-16-12-17(2)15-27(14-16)32(29,30)20-10-8-19(9-11-20)22(28)24-23-26-25-21(31-23)13-18-6-4-3-5-7-18/h3-11,16-17H,12-15H2,1-2H3,(H,24,26,28)/t16-,17+. The van der Waals surface area contributed by atoms with E-state index < -0.39 is 10.0 Å². The number of carbonyl (C=O) groups excluding carboxylic acids is 1. The molecule has 2 aromatic carbocycles. The molecular weight excluding hydrogens is 444 g/mol. The van der Waals surface area contributed by atoms with E-state index in [0.29, 0.717) is 42.0 Å². The number of piperidine rings is 1. The fourth-order valence-corrected chi connectivity index (χ4v) is 6.49. The first kappa shape index (κ1) is 22.6. The zero-order valence-electron chi connectivity index (χ0n) is 18.1. The van der Waals surface area contributed by atoms with E-state index in [4.69, 9.17) is 0 Å². The Hall–Kier alpha value is -2.62. The number of anilines is 1. The lowest BCUT2D eigenvalue weighted by atomic mass is 9.94. The number of nitrogens with one attached hydrogen (secondary N) is 1. The summed E-state index contributed by atoms with van der Waals surface area (Å²) in [6, 6.07) is 16.0. The van der Waals surface area contributed by atoms with Crippen LogP contribution in [-0.2, 0) is 16.4 Å². The molecule has 3 aromatic rings. The number of hydrogen-bond acceptors (Lipinski definition) is 6. The SMILES string of the molecule is C[C@@H]1C[C@H](C)CN(S(=O)(=O)c2ccc(C(=O)Nc3nnc(Cc4ccccc4)s3)cc2)C1. The number of amides is 1. The summed E-state index contributed by atoms with van der Waals surface area (Å²) in [5.41, 5.74) is 1.49. The molecule has 0 bridgehead atoms. The van der Waals surface area contributed by atoms with Crippen molar-refractivity contribution in [3.63, 3.8) is 0 Å². The molecule has 0 spiro atoms. The number of aromatic nitrogens is 2. The second kappa shape index (κ2) is 9.48. The molecule has 0 unspecified atom stereocenters. The minimum absolute atomic E-state index is 0.205. The Morgan fingerprint density at radius 1 is 1.03 bits per heavy atom. The lowest BCUT2D eigenvalue weighted by Gasteiger charge is -2.34. The van der Waals surface area contributed by atoms with E-state index in [1.54, 1.807) is 4.31 Å². The molecule has 1 aliphatic rings. The molecule has 0 saturated carbocycles. The van der Waals surface area contributed by atoms with Crippen molar-refractivity contribution in [2.45, 2.75) is 31.6 Å². The van der Waals surface area contributed by atoms with Crippen molar-refractivity contribution < 1.29 is 13.2 Å². The Bertz CT molecular complexity index is 1170. The minimum Gasteiger partial charge on any atom is -0.296 e. The molecule has 2 atom stereocenters. The Morgan fingerprint density at radius 3 is 2.34 bits per heavy atom. The zero-order chi connectivity index (χ0) is 22.7. The van der Waals surface area contributed by atoms with E-state index in [-0.39, 0.29) is 10.8 Å². The van der Waals surface area contributed by atoms with Crippen molar-refractivity contribution in [1.82, 2.24) is 14.5 Å². The maximum absolute atomic E-state index is 13.0. The molecule has 168 valence electrons. The van der Waals surface area contributed by atoms with Gasteiger partial charge < -0.3 is 0 Å². The first-order valence-electron chi connectivity index (χ1n) is 10.6. The van der Waals surface area contributed by atoms with Gasteiger partial charge in [0, 0.05) is 25.1 Å². The van der Waals surface area contributed by atoms with Gasteiger partial charge in [0.05, 0.1) is 4.90 Å². The smallest absolute Gasteiger partial charge is 0.257 e. The molecule has 32 heavy (non-hydrogen) atoms. The summed E-state index contributed by atoms with van der Waals surface area (Å²) in [7, 11) is -3.57. The van der Waals surface area contributed by atoms with Crippen LogP contribution in [0.2, 0.25) is 0 Å². The van der Waals surface area contributed by atoms with Crippen LogP contribution >= 0.6 is 11.3 Å². The third-order valence-electron chi connectivity index (χ3n) is 5.48. The third-order valence-corrected chi connectivity index (χ3v) is 8.16. The van der Waals surface area contributed by atoms with E-state index in [9.17, 15) is 13.2 Å². The average Bonchev–Trinajstić information content (AvgIpc) is 3.20. The van der Waals surface area contributed by atoms with Crippen LogP contribution in [0.4, 0.5) is 5.13 Å². The molecule has 1 aliphatic heterocycles. The highest BCUT2D eigenvalue weighted by Gasteiger charge is 2.31.